The van der Waals surface area contributed by atoms with Crippen molar-refractivity contribution in [1.29, 1.82) is 0 Å². The van der Waals surface area contributed by atoms with Crippen molar-refractivity contribution >= 4 is 28.8 Å². The van der Waals surface area contributed by atoms with Crippen molar-refractivity contribution in [2.75, 3.05) is 18.4 Å². The standard InChI is InChI=1S/C26H25ClN4O2/c27-20-9-10-23(32)21(16-20)28-26(33)19-11-14-30(15-12-19)17-22-25(18-6-2-1-3-7-18)29-24-8-4-5-13-31(22)24/h1-10,13,16,19,32H,11-12,14-15,17H2,(H,28,33). The Morgan fingerprint density at radius 3 is 2.61 bits per heavy atom. The van der Waals surface area contributed by atoms with Gasteiger partial charge in [0.15, 0.2) is 0 Å². The number of aromatic nitrogens is 2. The number of aromatic hydroxyl groups is 1. The third-order valence-electron chi connectivity index (χ3n) is 6.22. The number of piperidine rings is 1. The van der Waals surface area contributed by atoms with Crippen molar-refractivity contribution in [3.63, 3.8) is 0 Å². The molecule has 2 N–H and O–H groups in total. The van der Waals surface area contributed by atoms with Crippen LogP contribution in [0.25, 0.3) is 16.9 Å². The number of pyridine rings is 1. The average molecular weight is 461 g/mol. The fraction of sp³-hybridized carbons (Fsp3) is 0.231. The fourth-order valence-corrected chi connectivity index (χ4v) is 4.61. The molecule has 0 bridgehead atoms. The van der Waals surface area contributed by atoms with Crippen molar-refractivity contribution in [3.8, 4) is 17.0 Å². The summed E-state index contributed by atoms with van der Waals surface area (Å²) in [6.45, 7) is 2.39. The second-order valence-electron chi connectivity index (χ2n) is 8.40. The van der Waals surface area contributed by atoms with Crippen LogP contribution in [-0.2, 0) is 11.3 Å². The fourth-order valence-electron chi connectivity index (χ4n) is 4.43. The first-order valence-electron chi connectivity index (χ1n) is 11.1. The van der Waals surface area contributed by atoms with Crippen molar-refractivity contribution < 1.29 is 9.90 Å². The zero-order chi connectivity index (χ0) is 22.8. The largest absolute Gasteiger partial charge is 0.506 e. The Bertz CT molecular complexity index is 1280. The number of halogens is 1. The molecule has 6 nitrogen and oxygen atoms in total. The molecule has 2 aromatic heterocycles. The molecule has 33 heavy (non-hydrogen) atoms. The summed E-state index contributed by atoms with van der Waals surface area (Å²) in [5.74, 6) is -0.159. The van der Waals surface area contributed by atoms with Crippen molar-refractivity contribution in [1.82, 2.24) is 14.3 Å². The molecule has 5 rings (SSSR count). The lowest BCUT2D eigenvalue weighted by molar-refractivity contribution is -0.121. The van der Waals surface area contributed by atoms with Crippen LogP contribution in [0.1, 0.15) is 18.5 Å². The van der Waals surface area contributed by atoms with Crippen LogP contribution in [-0.4, -0.2) is 38.4 Å². The molecule has 0 aliphatic carbocycles. The Balaban J connectivity index is 1.29. The van der Waals surface area contributed by atoms with Crippen molar-refractivity contribution in [2.24, 2.45) is 5.92 Å². The molecule has 3 heterocycles. The monoisotopic (exact) mass is 460 g/mol. The summed E-state index contributed by atoms with van der Waals surface area (Å²) < 4.78 is 2.16. The van der Waals surface area contributed by atoms with Gasteiger partial charge in [0.25, 0.3) is 0 Å². The van der Waals surface area contributed by atoms with E-state index in [-0.39, 0.29) is 17.6 Å². The molecule has 1 aliphatic rings. The molecule has 0 unspecified atom stereocenters. The molecule has 2 aromatic carbocycles. The van der Waals surface area contributed by atoms with Crippen molar-refractivity contribution in [3.05, 3.63) is 83.6 Å². The average Bonchev–Trinajstić information content (AvgIpc) is 3.21. The summed E-state index contributed by atoms with van der Waals surface area (Å²) in [5, 5.41) is 13.3. The van der Waals surface area contributed by atoms with Gasteiger partial charge in [-0.25, -0.2) is 4.98 Å². The van der Waals surface area contributed by atoms with Crippen LogP contribution < -0.4 is 5.32 Å². The number of nitrogens with zero attached hydrogens (tertiary/aromatic N) is 3. The molecule has 0 atom stereocenters. The summed E-state index contributed by atoms with van der Waals surface area (Å²) in [4.78, 5) is 20.0. The van der Waals surface area contributed by atoms with E-state index < -0.39 is 0 Å². The second kappa shape index (κ2) is 9.25. The number of nitrogens with one attached hydrogen (secondary N) is 1. The Kier molecular flexibility index (Phi) is 6.03. The normalized spacial score (nSPS) is 15.1. The third-order valence-corrected chi connectivity index (χ3v) is 6.46. The number of fused-ring (bicyclic) bond motifs is 1. The number of phenolic OH excluding ortho intramolecular Hbond substituents is 1. The SMILES string of the molecule is O=C(Nc1cc(Cl)ccc1O)C1CCN(Cc2c(-c3ccccc3)nc3ccccn23)CC1. The van der Waals surface area contributed by atoms with Gasteiger partial charge in [-0.3, -0.25) is 9.69 Å². The number of carbonyl (C=O) groups excluding carboxylic acids is 1. The Morgan fingerprint density at radius 1 is 1.06 bits per heavy atom. The van der Waals surface area contributed by atoms with Gasteiger partial charge >= 0.3 is 0 Å². The maximum atomic E-state index is 12.8. The molecule has 7 heteroatoms. The number of hydrogen-bond acceptors (Lipinski definition) is 4. The Labute approximate surface area is 197 Å². The first-order chi connectivity index (χ1) is 16.1. The van der Waals surface area contributed by atoms with Crippen LogP contribution in [0.2, 0.25) is 5.02 Å². The number of anilines is 1. The van der Waals surface area contributed by atoms with Gasteiger partial charge in [0, 0.05) is 29.2 Å². The van der Waals surface area contributed by atoms with E-state index in [0.29, 0.717) is 10.7 Å². The number of carbonyl (C=O) groups is 1. The van der Waals surface area contributed by atoms with Gasteiger partial charge in [0.1, 0.15) is 11.4 Å². The predicted octanol–water partition coefficient (Wildman–Crippen LogP) is 5.21. The number of amides is 1. The van der Waals surface area contributed by atoms with E-state index in [1.165, 1.54) is 6.07 Å². The summed E-state index contributed by atoms with van der Waals surface area (Å²) in [7, 11) is 0. The maximum Gasteiger partial charge on any atom is 0.227 e. The number of hydrogen-bond donors (Lipinski definition) is 2. The van der Waals surface area contributed by atoms with Gasteiger partial charge in [-0.05, 0) is 56.3 Å². The van der Waals surface area contributed by atoms with E-state index in [1.54, 1.807) is 12.1 Å². The van der Waals surface area contributed by atoms with Crippen LogP contribution in [0.4, 0.5) is 5.69 Å². The number of benzene rings is 2. The highest BCUT2D eigenvalue weighted by Gasteiger charge is 2.27. The lowest BCUT2D eigenvalue weighted by atomic mass is 9.95. The van der Waals surface area contributed by atoms with Gasteiger partial charge in [-0.1, -0.05) is 48.0 Å². The highest BCUT2D eigenvalue weighted by atomic mass is 35.5. The van der Waals surface area contributed by atoms with Gasteiger partial charge in [0.2, 0.25) is 5.91 Å². The smallest absolute Gasteiger partial charge is 0.227 e. The molecule has 0 radical (unpaired) electrons. The molecule has 0 saturated carbocycles. The summed E-state index contributed by atoms with van der Waals surface area (Å²) in [6, 6.07) is 21.0. The number of phenols is 1. The van der Waals surface area contributed by atoms with Crippen LogP contribution in [0.15, 0.2) is 72.9 Å². The number of likely N-dealkylation sites (tertiary alicyclic amines) is 1. The number of imidazole rings is 1. The Hall–Kier alpha value is -3.35. The van der Waals surface area contributed by atoms with E-state index in [1.807, 2.05) is 36.4 Å². The van der Waals surface area contributed by atoms with E-state index >= 15 is 0 Å². The van der Waals surface area contributed by atoms with E-state index in [4.69, 9.17) is 16.6 Å². The van der Waals surface area contributed by atoms with Gasteiger partial charge in [-0.2, -0.15) is 0 Å². The van der Waals surface area contributed by atoms with E-state index in [9.17, 15) is 9.90 Å². The minimum Gasteiger partial charge on any atom is -0.506 e. The second-order valence-corrected chi connectivity index (χ2v) is 8.84. The van der Waals surface area contributed by atoms with Crippen LogP contribution in [0, 0.1) is 5.92 Å². The zero-order valence-corrected chi connectivity index (χ0v) is 18.9. The lowest BCUT2D eigenvalue weighted by Gasteiger charge is -2.31. The molecular formula is C26H25ClN4O2. The summed E-state index contributed by atoms with van der Waals surface area (Å²) in [5.41, 5.74) is 4.54. The Morgan fingerprint density at radius 2 is 1.82 bits per heavy atom. The molecular weight excluding hydrogens is 436 g/mol. The maximum absolute atomic E-state index is 12.8. The molecule has 4 aromatic rings. The van der Waals surface area contributed by atoms with Crippen LogP contribution >= 0.6 is 11.6 Å². The number of rotatable bonds is 5. The quantitative estimate of drug-likeness (QED) is 0.401. The van der Waals surface area contributed by atoms with Crippen LogP contribution in [0.3, 0.4) is 0 Å². The lowest BCUT2D eigenvalue weighted by Crippen LogP contribution is -2.38. The van der Waals surface area contributed by atoms with E-state index in [0.717, 1.165) is 55.1 Å². The molecule has 1 saturated heterocycles. The van der Waals surface area contributed by atoms with Gasteiger partial charge in [-0.15, -0.1) is 0 Å². The highest BCUT2D eigenvalue weighted by molar-refractivity contribution is 6.31. The third kappa shape index (κ3) is 4.58. The van der Waals surface area contributed by atoms with Crippen molar-refractivity contribution in [2.45, 2.75) is 19.4 Å². The van der Waals surface area contributed by atoms with Gasteiger partial charge in [0.05, 0.1) is 17.1 Å². The molecule has 168 valence electrons. The topological polar surface area (TPSA) is 69.9 Å². The minimum absolute atomic E-state index is 0.0197. The minimum atomic E-state index is -0.101. The van der Waals surface area contributed by atoms with Gasteiger partial charge < -0.3 is 14.8 Å². The highest BCUT2D eigenvalue weighted by Crippen LogP contribution is 2.30. The predicted molar refractivity (Wildman–Crippen MR) is 130 cm³/mol. The molecule has 1 amide bonds. The molecule has 1 aliphatic heterocycles. The molecule has 0 spiro atoms. The first-order valence-corrected chi connectivity index (χ1v) is 11.5. The summed E-state index contributed by atoms with van der Waals surface area (Å²) >= 11 is 6.00. The van der Waals surface area contributed by atoms with E-state index in [2.05, 4.69) is 32.9 Å². The summed E-state index contributed by atoms with van der Waals surface area (Å²) in [6.07, 6.45) is 3.57. The molecule has 1 fully saturated rings. The van der Waals surface area contributed by atoms with Crippen LogP contribution in [0.5, 0.6) is 5.75 Å². The zero-order valence-electron chi connectivity index (χ0n) is 18.1. The first kappa shape index (κ1) is 21.5.